The van der Waals surface area contributed by atoms with Gasteiger partial charge in [0, 0.05) is 18.5 Å². The van der Waals surface area contributed by atoms with Crippen molar-refractivity contribution in [2.75, 3.05) is 6.54 Å². The summed E-state index contributed by atoms with van der Waals surface area (Å²) < 4.78 is 0. The van der Waals surface area contributed by atoms with Gasteiger partial charge in [-0.1, -0.05) is 24.3 Å². The summed E-state index contributed by atoms with van der Waals surface area (Å²) in [5.41, 5.74) is 4.46. The van der Waals surface area contributed by atoms with E-state index in [1.54, 1.807) is 18.3 Å². The third-order valence-corrected chi connectivity index (χ3v) is 4.51. The van der Waals surface area contributed by atoms with Crippen LogP contribution in [-0.4, -0.2) is 22.7 Å². The van der Waals surface area contributed by atoms with E-state index >= 15 is 0 Å². The second-order valence-electron chi connectivity index (χ2n) is 5.60. The van der Waals surface area contributed by atoms with Crippen LogP contribution in [0.25, 0.3) is 21.5 Å². The zero-order chi connectivity index (χ0) is 15.5. The first-order valence-corrected chi connectivity index (χ1v) is 8.35. The van der Waals surface area contributed by atoms with Crippen LogP contribution < -0.4 is 5.32 Å². The fraction of sp³-hybridized carbons (Fsp3) is 0.278. The molecule has 4 heteroatoms. The highest BCUT2D eigenvalue weighted by atomic mass is 32.1. The zero-order valence-corrected chi connectivity index (χ0v) is 13.7. The average Bonchev–Trinajstić information content (AvgIpc) is 3.01. The van der Waals surface area contributed by atoms with Gasteiger partial charge in [-0.15, -0.1) is 11.3 Å². The van der Waals surface area contributed by atoms with Gasteiger partial charge < -0.3 is 10.4 Å². The molecule has 22 heavy (non-hydrogen) atoms. The minimum atomic E-state index is -0.346. The van der Waals surface area contributed by atoms with E-state index in [0.29, 0.717) is 13.1 Å². The number of aliphatic hydroxyl groups is 1. The molecular weight excluding hydrogens is 292 g/mol. The zero-order valence-electron chi connectivity index (χ0n) is 12.8. The van der Waals surface area contributed by atoms with E-state index in [2.05, 4.69) is 54.0 Å². The van der Waals surface area contributed by atoms with E-state index in [1.165, 1.54) is 16.0 Å². The Kier molecular flexibility index (Phi) is 4.52. The van der Waals surface area contributed by atoms with Gasteiger partial charge in [-0.05, 0) is 42.5 Å². The van der Waals surface area contributed by atoms with E-state index in [9.17, 15) is 5.11 Å². The second-order valence-corrected chi connectivity index (χ2v) is 6.55. The third kappa shape index (κ3) is 3.19. The Bertz CT molecular complexity index is 766. The van der Waals surface area contributed by atoms with Crippen LogP contribution in [-0.2, 0) is 6.54 Å². The molecule has 0 bridgehead atoms. The summed E-state index contributed by atoms with van der Waals surface area (Å²) in [6.45, 7) is 5.17. The SMILES string of the molecule is Cc1cccc2cc(CNCC(C)O)c(-c3cccs3)nc12. The molecule has 1 atom stereocenters. The van der Waals surface area contributed by atoms with E-state index in [4.69, 9.17) is 4.98 Å². The highest BCUT2D eigenvalue weighted by Gasteiger charge is 2.11. The number of thiophene rings is 1. The highest BCUT2D eigenvalue weighted by Crippen LogP contribution is 2.30. The van der Waals surface area contributed by atoms with Crippen molar-refractivity contribution in [1.29, 1.82) is 0 Å². The summed E-state index contributed by atoms with van der Waals surface area (Å²) in [7, 11) is 0. The largest absolute Gasteiger partial charge is 0.392 e. The van der Waals surface area contributed by atoms with Crippen molar-refractivity contribution in [3.05, 3.63) is 52.9 Å². The standard InChI is InChI=1S/C18H20N2OS/c1-12-5-3-6-14-9-15(11-19-10-13(2)21)18(20-17(12)14)16-7-4-8-22-16/h3-9,13,19,21H,10-11H2,1-2H3. The number of pyridine rings is 1. The molecule has 3 rings (SSSR count). The van der Waals surface area contributed by atoms with Gasteiger partial charge in [-0.3, -0.25) is 0 Å². The summed E-state index contributed by atoms with van der Waals surface area (Å²) in [5.74, 6) is 0. The predicted octanol–water partition coefficient (Wildman–Crippen LogP) is 3.74. The van der Waals surface area contributed by atoms with Crippen LogP contribution in [0.5, 0.6) is 0 Å². The van der Waals surface area contributed by atoms with Crippen molar-refractivity contribution in [1.82, 2.24) is 10.3 Å². The van der Waals surface area contributed by atoms with Gasteiger partial charge in [0.05, 0.1) is 22.2 Å². The summed E-state index contributed by atoms with van der Waals surface area (Å²) in [6.07, 6.45) is -0.346. The number of fused-ring (bicyclic) bond motifs is 1. The summed E-state index contributed by atoms with van der Waals surface area (Å²) >= 11 is 1.70. The fourth-order valence-corrected chi connectivity index (χ4v) is 3.32. The number of hydrogen-bond donors (Lipinski definition) is 2. The molecule has 2 heterocycles. The Morgan fingerprint density at radius 1 is 1.27 bits per heavy atom. The Hall–Kier alpha value is -1.75. The number of aliphatic hydroxyl groups excluding tert-OH is 1. The Balaban J connectivity index is 2.05. The lowest BCUT2D eigenvalue weighted by Crippen LogP contribution is -2.24. The normalized spacial score (nSPS) is 12.7. The molecular formula is C18H20N2OS. The van der Waals surface area contributed by atoms with Crippen molar-refractivity contribution in [2.45, 2.75) is 26.5 Å². The van der Waals surface area contributed by atoms with Crippen molar-refractivity contribution < 1.29 is 5.11 Å². The number of nitrogens with one attached hydrogen (secondary N) is 1. The molecule has 3 nitrogen and oxygen atoms in total. The molecule has 3 aromatic rings. The monoisotopic (exact) mass is 312 g/mol. The number of aromatic nitrogens is 1. The molecule has 0 radical (unpaired) electrons. The molecule has 114 valence electrons. The van der Waals surface area contributed by atoms with Gasteiger partial charge in [-0.2, -0.15) is 0 Å². The number of hydrogen-bond acceptors (Lipinski definition) is 4. The maximum atomic E-state index is 9.42. The van der Waals surface area contributed by atoms with Crippen LogP contribution in [0.15, 0.2) is 41.8 Å². The molecule has 1 unspecified atom stereocenters. The molecule has 0 saturated carbocycles. The van der Waals surface area contributed by atoms with E-state index < -0.39 is 0 Å². The van der Waals surface area contributed by atoms with Crippen LogP contribution in [0.4, 0.5) is 0 Å². The number of para-hydroxylation sites is 1. The van der Waals surface area contributed by atoms with Crippen molar-refractivity contribution >= 4 is 22.2 Å². The maximum Gasteiger partial charge on any atom is 0.0854 e. The molecule has 0 saturated heterocycles. The van der Waals surface area contributed by atoms with E-state index in [0.717, 1.165) is 16.6 Å². The average molecular weight is 312 g/mol. The maximum absolute atomic E-state index is 9.42. The Labute approximate surface area is 134 Å². The molecule has 0 aliphatic heterocycles. The molecule has 0 fully saturated rings. The van der Waals surface area contributed by atoms with Crippen LogP contribution >= 0.6 is 11.3 Å². The van der Waals surface area contributed by atoms with Gasteiger partial charge in [0.25, 0.3) is 0 Å². The molecule has 0 aliphatic rings. The first-order valence-electron chi connectivity index (χ1n) is 7.47. The lowest BCUT2D eigenvalue weighted by Gasteiger charge is -2.12. The highest BCUT2D eigenvalue weighted by molar-refractivity contribution is 7.13. The number of rotatable bonds is 5. The first-order chi connectivity index (χ1) is 10.6. The third-order valence-electron chi connectivity index (χ3n) is 3.64. The van der Waals surface area contributed by atoms with Crippen LogP contribution in [0.3, 0.4) is 0 Å². The van der Waals surface area contributed by atoms with Crippen molar-refractivity contribution in [3.63, 3.8) is 0 Å². The molecule has 2 aromatic heterocycles. The first kappa shape index (κ1) is 15.2. The minimum absolute atomic E-state index is 0.346. The lowest BCUT2D eigenvalue weighted by atomic mass is 10.1. The molecule has 2 N–H and O–H groups in total. The van der Waals surface area contributed by atoms with Crippen LogP contribution in [0.2, 0.25) is 0 Å². The lowest BCUT2D eigenvalue weighted by molar-refractivity contribution is 0.191. The predicted molar refractivity (Wildman–Crippen MR) is 93.2 cm³/mol. The van der Waals surface area contributed by atoms with Gasteiger partial charge in [0.1, 0.15) is 0 Å². The van der Waals surface area contributed by atoms with Gasteiger partial charge in [-0.25, -0.2) is 4.98 Å². The summed E-state index contributed by atoms with van der Waals surface area (Å²) in [5, 5.41) is 15.9. The summed E-state index contributed by atoms with van der Waals surface area (Å²) in [6, 6.07) is 12.6. The Morgan fingerprint density at radius 3 is 2.86 bits per heavy atom. The van der Waals surface area contributed by atoms with Crippen LogP contribution in [0.1, 0.15) is 18.1 Å². The number of benzene rings is 1. The molecule has 0 aliphatic carbocycles. The topological polar surface area (TPSA) is 45.1 Å². The second kappa shape index (κ2) is 6.57. The molecule has 0 amide bonds. The Morgan fingerprint density at radius 2 is 2.14 bits per heavy atom. The fourth-order valence-electron chi connectivity index (χ4n) is 2.57. The van der Waals surface area contributed by atoms with Gasteiger partial charge >= 0.3 is 0 Å². The number of nitrogens with zero attached hydrogens (tertiary/aromatic N) is 1. The van der Waals surface area contributed by atoms with E-state index in [1.807, 2.05) is 0 Å². The van der Waals surface area contributed by atoms with Gasteiger partial charge in [0.15, 0.2) is 0 Å². The minimum Gasteiger partial charge on any atom is -0.392 e. The molecule has 0 spiro atoms. The quantitative estimate of drug-likeness (QED) is 0.754. The van der Waals surface area contributed by atoms with E-state index in [-0.39, 0.29) is 6.10 Å². The van der Waals surface area contributed by atoms with Crippen LogP contribution in [0, 0.1) is 6.92 Å². The smallest absolute Gasteiger partial charge is 0.0854 e. The molecule has 1 aromatic carbocycles. The summed E-state index contributed by atoms with van der Waals surface area (Å²) in [4.78, 5) is 6.10. The van der Waals surface area contributed by atoms with Crippen molar-refractivity contribution in [3.8, 4) is 10.6 Å². The van der Waals surface area contributed by atoms with Crippen molar-refractivity contribution in [2.24, 2.45) is 0 Å². The number of aryl methyl sites for hydroxylation is 1. The van der Waals surface area contributed by atoms with Gasteiger partial charge in [0.2, 0.25) is 0 Å².